The fourth-order valence-electron chi connectivity index (χ4n) is 4.66. The second kappa shape index (κ2) is 13.6. The van der Waals surface area contributed by atoms with Crippen molar-refractivity contribution in [2.75, 3.05) is 64.3 Å². The van der Waals surface area contributed by atoms with Crippen molar-refractivity contribution in [2.24, 2.45) is 10.9 Å². The lowest BCUT2D eigenvalue weighted by Crippen LogP contribution is -2.52. The molecule has 2 aliphatic rings. The van der Waals surface area contributed by atoms with Gasteiger partial charge in [0.1, 0.15) is 0 Å². The fourth-order valence-corrected chi connectivity index (χ4v) is 4.66. The minimum atomic E-state index is 0. The molecular formula is C25H45IN6. The lowest BCUT2D eigenvalue weighted by Gasteiger charge is -2.39. The van der Waals surface area contributed by atoms with E-state index in [0.717, 1.165) is 45.2 Å². The van der Waals surface area contributed by atoms with Crippen LogP contribution in [0.2, 0.25) is 0 Å². The van der Waals surface area contributed by atoms with Crippen molar-refractivity contribution in [3.05, 3.63) is 29.8 Å². The molecule has 6 nitrogen and oxygen atoms in total. The van der Waals surface area contributed by atoms with Crippen molar-refractivity contribution in [1.29, 1.82) is 0 Å². The minimum absolute atomic E-state index is 0. The predicted octanol–water partition coefficient (Wildman–Crippen LogP) is 3.79. The fraction of sp³-hybridized carbons (Fsp3) is 0.720. The maximum Gasteiger partial charge on any atom is 0.191 e. The zero-order valence-electron chi connectivity index (χ0n) is 20.8. The van der Waals surface area contributed by atoms with Crippen LogP contribution in [0.5, 0.6) is 0 Å². The van der Waals surface area contributed by atoms with Gasteiger partial charge in [0.15, 0.2) is 5.96 Å². The Bertz CT molecular complexity index is 695. The number of nitrogens with one attached hydrogen (secondary N) is 2. The molecule has 7 heteroatoms. The number of hydrogen-bond acceptors (Lipinski definition) is 4. The van der Waals surface area contributed by atoms with E-state index >= 15 is 0 Å². The van der Waals surface area contributed by atoms with Crippen LogP contribution < -0.4 is 15.5 Å². The Morgan fingerprint density at radius 2 is 1.72 bits per heavy atom. The third-order valence-electron chi connectivity index (χ3n) is 6.75. The molecule has 2 N–H and O–H groups in total. The quantitative estimate of drug-likeness (QED) is 0.290. The SMILES string of the molecule is CCNC(=NCC(C(C)C)N1CCN(C)CC1)NC(C)c1cccc(N2CCCC2)c1.I. The summed E-state index contributed by atoms with van der Waals surface area (Å²) in [6.07, 6.45) is 2.61. The van der Waals surface area contributed by atoms with Crippen LogP contribution in [-0.2, 0) is 0 Å². The summed E-state index contributed by atoms with van der Waals surface area (Å²) in [4.78, 5) is 12.6. The summed E-state index contributed by atoms with van der Waals surface area (Å²) in [6, 6.07) is 9.69. The number of rotatable bonds is 8. The summed E-state index contributed by atoms with van der Waals surface area (Å²) < 4.78 is 0. The van der Waals surface area contributed by atoms with E-state index in [0.29, 0.717) is 12.0 Å². The van der Waals surface area contributed by atoms with Crippen molar-refractivity contribution in [3.8, 4) is 0 Å². The Kier molecular flexibility index (Phi) is 11.6. The molecule has 1 aromatic rings. The lowest BCUT2D eigenvalue weighted by molar-refractivity contribution is 0.0925. The number of benzene rings is 1. The molecule has 0 aromatic heterocycles. The van der Waals surface area contributed by atoms with Crippen LogP contribution >= 0.6 is 24.0 Å². The second-order valence-electron chi connectivity index (χ2n) is 9.53. The molecule has 2 heterocycles. The molecule has 0 spiro atoms. The van der Waals surface area contributed by atoms with Crippen molar-refractivity contribution in [1.82, 2.24) is 20.4 Å². The Balaban J connectivity index is 0.00000363. The van der Waals surface area contributed by atoms with E-state index in [1.807, 2.05) is 0 Å². The first-order valence-corrected chi connectivity index (χ1v) is 12.3. The van der Waals surface area contributed by atoms with Crippen LogP contribution in [0, 0.1) is 5.92 Å². The summed E-state index contributed by atoms with van der Waals surface area (Å²) >= 11 is 0. The van der Waals surface area contributed by atoms with E-state index in [1.165, 1.54) is 37.2 Å². The third kappa shape index (κ3) is 7.76. The molecule has 1 aromatic carbocycles. The average molecular weight is 557 g/mol. The lowest BCUT2D eigenvalue weighted by atomic mass is 10.0. The number of aliphatic imine (C=N–C) groups is 1. The Morgan fingerprint density at radius 1 is 1.03 bits per heavy atom. The third-order valence-corrected chi connectivity index (χ3v) is 6.75. The largest absolute Gasteiger partial charge is 0.372 e. The van der Waals surface area contributed by atoms with Crippen molar-refractivity contribution in [3.63, 3.8) is 0 Å². The number of hydrogen-bond donors (Lipinski definition) is 2. The highest BCUT2D eigenvalue weighted by Gasteiger charge is 2.25. The molecule has 0 amide bonds. The van der Waals surface area contributed by atoms with Gasteiger partial charge in [0.2, 0.25) is 0 Å². The van der Waals surface area contributed by atoms with Crippen LogP contribution in [0.1, 0.15) is 52.1 Å². The second-order valence-corrected chi connectivity index (χ2v) is 9.53. The van der Waals surface area contributed by atoms with E-state index < -0.39 is 0 Å². The van der Waals surface area contributed by atoms with Crippen molar-refractivity contribution >= 4 is 35.6 Å². The van der Waals surface area contributed by atoms with Crippen molar-refractivity contribution in [2.45, 2.75) is 52.6 Å². The average Bonchev–Trinajstić information content (AvgIpc) is 3.30. The molecule has 2 atom stereocenters. The highest BCUT2D eigenvalue weighted by Crippen LogP contribution is 2.24. The molecular weight excluding hydrogens is 511 g/mol. The number of nitrogens with zero attached hydrogens (tertiary/aromatic N) is 4. The van der Waals surface area contributed by atoms with E-state index in [2.05, 4.69) is 84.3 Å². The Morgan fingerprint density at radius 3 is 2.34 bits per heavy atom. The topological polar surface area (TPSA) is 46.1 Å². The number of halogens is 1. The molecule has 2 saturated heterocycles. The van der Waals surface area contributed by atoms with Gasteiger partial charge in [-0.05, 0) is 57.4 Å². The van der Waals surface area contributed by atoms with Gasteiger partial charge in [0.05, 0.1) is 12.6 Å². The van der Waals surface area contributed by atoms with E-state index in [-0.39, 0.29) is 30.0 Å². The van der Waals surface area contributed by atoms with Crippen molar-refractivity contribution < 1.29 is 0 Å². The van der Waals surface area contributed by atoms with Crippen LogP contribution in [-0.4, -0.2) is 81.2 Å². The molecule has 0 bridgehead atoms. The van der Waals surface area contributed by atoms with E-state index in [9.17, 15) is 0 Å². The highest BCUT2D eigenvalue weighted by atomic mass is 127. The molecule has 0 aliphatic carbocycles. The standard InChI is InChI=1S/C25H44N6.HI/c1-6-26-25(27-19-24(20(2)3)31-16-14-29(5)15-17-31)28-21(4)22-10-9-11-23(18-22)30-12-7-8-13-30;/h9-11,18,20-21,24H,6-8,12-17,19H2,1-5H3,(H2,26,27,28);1H. The monoisotopic (exact) mass is 556 g/mol. The Hall–Kier alpha value is -1.06. The normalized spacial score (nSPS) is 20.2. The van der Waals surface area contributed by atoms with E-state index in [4.69, 9.17) is 4.99 Å². The van der Waals surface area contributed by atoms with Gasteiger partial charge in [-0.1, -0.05) is 26.0 Å². The van der Waals surface area contributed by atoms with Gasteiger partial charge in [0.25, 0.3) is 0 Å². The van der Waals surface area contributed by atoms with Crippen LogP contribution in [0.4, 0.5) is 5.69 Å². The van der Waals surface area contributed by atoms with Crippen LogP contribution in [0.3, 0.4) is 0 Å². The highest BCUT2D eigenvalue weighted by molar-refractivity contribution is 14.0. The Labute approximate surface area is 213 Å². The van der Waals surface area contributed by atoms with Gasteiger partial charge in [-0.15, -0.1) is 24.0 Å². The van der Waals surface area contributed by atoms with Crippen LogP contribution in [0.15, 0.2) is 29.3 Å². The molecule has 2 fully saturated rings. The maximum atomic E-state index is 5.02. The molecule has 2 unspecified atom stereocenters. The van der Waals surface area contributed by atoms with Crippen LogP contribution in [0.25, 0.3) is 0 Å². The van der Waals surface area contributed by atoms with Gasteiger partial charge >= 0.3 is 0 Å². The summed E-state index contributed by atoms with van der Waals surface area (Å²) in [5, 5.41) is 7.11. The number of piperazine rings is 1. The zero-order chi connectivity index (χ0) is 22.2. The smallest absolute Gasteiger partial charge is 0.191 e. The van der Waals surface area contributed by atoms with Gasteiger partial charge in [-0.25, -0.2) is 0 Å². The summed E-state index contributed by atoms with van der Waals surface area (Å²) in [5.74, 6) is 1.51. The first-order valence-electron chi connectivity index (χ1n) is 12.3. The maximum absolute atomic E-state index is 5.02. The van der Waals surface area contributed by atoms with Gasteiger partial charge in [-0.3, -0.25) is 9.89 Å². The minimum Gasteiger partial charge on any atom is -0.372 e. The van der Waals surface area contributed by atoms with E-state index in [1.54, 1.807) is 0 Å². The first-order chi connectivity index (χ1) is 15.0. The van der Waals surface area contributed by atoms with Gasteiger partial charge in [0, 0.05) is 57.5 Å². The first kappa shape index (κ1) is 27.2. The molecule has 182 valence electrons. The summed E-state index contributed by atoms with van der Waals surface area (Å²) in [5.41, 5.74) is 2.66. The summed E-state index contributed by atoms with van der Waals surface area (Å²) in [6.45, 7) is 17.6. The number of likely N-dealkylation sites (N-methyl/N-ethyl adjacent to an activating group) is 1. The number of guanidine groups is 1. The van der Waals surface area contributed by atoms with Gasteiger partial charge in [-0.2, -0.15) is 0 Å². The zero-order valence-corrected chi connectivity index (χ0v) is 23.1. The predicted molar refractivity (Wildman–Crippen MR) is 149 cm³/mol. The molecule has 2 aliphatic heterocycles. The number of anilines is 1. The molecule has 3 rings (SSSR count). The van der Waals surface area contributed by atoms with Gasteiger partial charge < -0.3 is 20.4 Å². The molecule has 0 saturated carbocycles. The molecule has 0 radical (unpaired) electrons. The summed E-state index contributed by atoms with van der Waals surface area (Å²) in [7, 11) is 2.22. The molecule has 32 heavy (non-hydrogen) atoms.